The van der Waals surface area contributed by atoms with Gasteiger partial charge in [0.05, 0.1) is 19.3 Å². The molecule has 2 atom stereocenters. The fourth-order valence-electron chi connectivity index (χ4n) is 2.78. The summed E-state index contributed by atoms with van der Waals surface area (Å²) < 4.78 is 11.3. The summed E-state index contributed by atoms with van der Waals surface area (Å²) >= 11 is 1.71. The van der Waals surface area contributed by atoms with Gasteiger partial charge in [0.25, 0.3) is 0 Å². The zero-order valence-corrected chi connectivity index (χ0v) is 12.9. The minimum absolute atomic E-state index is 0.0809. The third kappa shape index (κ3) is 4.26. The highest BCUT2D eigenvalue weighted by atomic mass is 32.1. The summed E-state index contributed by atoms with van der Waals surface area (Å²) in [5.74, 6) is 0.0809. The molecule has 1 aromatic heterocycles. The SMILES string of the molecule is O=C(CN1CCOC(c2cccs2)C1)NCC1CCCO1. The number of nitrogens with one attached hydrogen (secondary N) is 1. The van der Waals surface area contributed by atoms with Gasteiger partial charge in [-0.15, -0.1) is 11.3 Å². The zero-order chi connectivity index (χ0) is 14.5. The van der Waals surface area contributed by atoms with Crippen molar-refractivity contribution in [2.75, 3.05) is 39.4 Å². The first-order valence-corrected chi connectivity index (χ1v) is 8.45. The quantitative estimate of drug-likeness (QED) is 0.893. The number of carbonyl (C=O) groups excluding carboxylic acids is 1. The number of morpholine rings is 1. The Labute approximate surface area is 129 Å². The van der Waals surface area contributed by atoms with Crippen molar-refractivity contribution in [3.63, 3.8) is 0 Å². The van der Waals surface area contributed by atoms with Crippen molar-refractivity contribution < 1.29 is 14.3 Å². The molecule has 1 aromatic rings. The van der Waals surface area contributed by atoms with Crippen LogP contribution < -0.4 is 5.32 Å². The minimum Gasteiger partial charge on any atom is -0.376 e. The van der Waals surface area contributed by atoms with Gasteiger partial charge in [0, 0.05) is 31.1 Å². The Hall–Kier alpha value is -0.950. The van der Waals surface area contributed by atoms with Gasteiger partial charge in [-0.2, -0.15) is 0 Å². The van der Waals surface area contributed by atoms with Crippen molar-refractivity contribution in [1.29, 1.82) is 0 Å². The molecule has 0 radical (unpaired) electrons. The molecule has 0 aliphatic carbocycles. The summed E-state index contributed by atoms with van der Waals surface area (Å²) in [5, 5.41) is 5.04. The summed E-state index contributed by atoms with van der Waals surface area (Å²) in [6, 6.07) is 4.13. The first-order chi connectivity index (χ1) is 10.3. The average Bonchev–Trinajstić information content (AvgIpc) is 3.19. The average molecular weight is 310 g/mol. The molecule has 1 N–H and O–H groups in total. The third-order valence-corrected chi connectivity index (χ3v) is 4.89. The summed E-state index contributed by atoms with van der Waals surface area (Å²) in [7, 11) is 0. The number of carbonyl (C=O) groups is 1. The largest absolute Gasteiger partial charge is 0.376 e. The molecule has 5 nitrogen and oxygen atoms in total. The molecule has 0 aromatic carbocycles. The molecule has 2 unspecified atom stereocenters. The van der Waals surface area contributed by atoms with Crippen LogP contribution in [0.4, 0.5) is 0 Å². The van der Waals surface area contributed by atoms with Crippen molar-refractivity contribution >= 4 is 17.2 Å². The van der Waals surface area contributed by atoms with Gasteiger partial charge in [-0.05, 0) is 24.3 Å². The molecule has 2 fully saturated rings. The van der Waals surface area contributed by atoms with E-state index in [1.54, 1.807) is 11.3 Å². The Kier molecular flexibility index (Phi) is 5.24. The maximum atomic E-state index is 12.0. The number of rotatable bonds is 5. The van der Waals surface area contributed by atoms with Crippen molar-refractivity contribution in [3.8, 4) is 0 Å². The van der Waals surface area contributed by atoms with E-state index in [4.69, 9.17) is 9.47 Å². The van der Waals surface area contributed by atoms with Gasteiger partial charge in [-0.25, -0.2) is 0 Å². The van der Waals surface area contributed by atoms with E-state index >= 15 is 0 Å². The second-order valence-electron chi connectivity index (χ2n) is 5.55. The van der Waals surface area contributed by atoms with Crippen LogP contribution in [0.2, 0.25) is 0 Å². The second kappa shape index (κ2) is 7.35. The van der Waals surface area contributed by atoms with Gasteiger partial charge in [0.1, 0.15) is 6.10 Å². The minimum atomic E-state index is 0.0809. The molecular formula is C15H22N2O3S. The summed E-state index contributed by atoms with van der Waals surface area (Å²) in [5.41, 5.74) is 0. The van der Waals surface area contributed by atoms with Gasteiger partial charge in [-0.1, -0.05) is 6.07 Å². The van der Waals surface area contributed by atoms with Crippen LogP contribution in [0.25, 0.3) is 0 Å². The molecule has 21 heavy (non-hydrogen) atoms. The molecule has 0 bridgehead atoms. The van der Waals surface area contributed by atoms with Crippen LogP contribution in [0.3, 0.4) is 0 Å². The van der Waals surface area contributed by atoms with Gasteiger partial charge >= 0.3 is 0 Å². The molecule has 2 aliphatic rings. The summed E-state index contributed by atoms with van der Waals surface area (Å²) in [6.45, 7) is 4.19. The Morgan fingerprint density at radius 1 is 1.43 bits per heavy atom. The number of hydrogen-bond acceptors (Lipinski definition) is 5. The third-order valence-electron chi connectivity index (χ3n) is 3.93. The molecule has 3 rings (SSSR count). The first-order valence-electron chi connectivity index (χ1n) is 7.57. The zero-order valence-electron chi connectivity index (χ0n) is 12.1. The number of amides is 1. The van der Waals surface area contributed by atoms with Crippen LogP contribution in [0, 0.1) is 0 Å². The van der Waals surface area contributed by atoms with Crippen LogP contribution >= 0.6 is 11.3 Å². The summed E-state index contributed by atoms with van der Waals surface area (Å²) in [4.78, 5) is 15.4. The normalized spacial score (nSPS) is 26.9. The Morgan fingerprint density at radius 2 is 2.38 bits per heavy atom. The molecule has 0 spiro atoms. The molecule has 2 saturated heterocycles. The van der Waals surface area contributed by atoms with Crippen LogP contribution in [0.15, 0.2) is 17.5 Å². The van der Waals surface area contributed by atoms with E-state index in [0.717, 1.165) is 32.5 Å². The van der Waals surface area contributed by atoms with Crippen molar-refractivity contribution in [2.24, 2.45) is 0 Å². The van der Waals surface area contributed by atoms with E-state index in [1.807, 2.05) is 6.07 Å². The van der Waals surface area contributed by atoms with Crippen molar-refractivity contribution in [1.82, 2.24) is 10.2 Å². The van der Waals surface area contributed by atoms with Gasteiger partial charge in [-0.3, -0.25) is 9.69 Å². The Bertz CT molecular complexity index is 446. The van der Waals surface area contributed by atoms with E-state index < -0.39 is 0 Å². The topological polar surface area (TPSA) is 50.8 Å². The van der Waals surface area contributed by atoms with Gasteiger partial charge < -0.3 is 14.8 Å². The highest BCUT2D eigenvalue weighted by Gasteiger charge is 2.24. The molecule has 3 heterocycles. The van der Waals surface area contributed by atoms with E-state index in [-0.39, 0.29) is 18.1 Å². The Balaban J connectivity index is 1.42. The predicted molar refractivity (Wildman–Crippen MR) is 81.4 cm³/mol. The molecule has 1 amide bonds. The molecule has 6 heteroatoms. The highest BCUT2D eigenvalue weighted by Crippen LogP contribution is 2.25. The van der Waals surface area contributed by atoms with E-state index in [9.17, 15) is 4.79 Å². The van der Waals surface area contributed by atoms with E-state index in [0.29, 0.717) is 19.7 Å². The van der Waals surface area contributed by atoms with Gasteiger partial charge in [0.2, 0.25) is 5.91 Å². The summed E-state index contributed by atoms with van der Waals surface area (Å²) in [6.07, 6.45) is 2.47. The standard InChI is InChI=1S/C15H22N2O3S/c18-15(16-9-12-3-1-6-19-12)11-17-5-7-20-13(10-17)14-4-2-8-21-14/h2,4,8,12-13H,1,3,5-7,9-11H2,(H,16,18). The van der Waals surface area contributed by atoms with E-state index in [2.05, 4.69) is 21.7 Å². The first kappa shape index (κ1) is 15.0. The number of thiophene rings is 1. The maximum Gasteiger partial charge on any atom is 0.234 e. The van der Waals surface area contributed by atoms with Crippen LogP contribution in [-0.4, -0.2) is 56.3 Å². The van der Waals surface area contributed by atoms with E-state index in [1.165, 1.54) is 4.88 Å². The molecule has 2 aliphatic heterocycles. The number of hydrogen-bond donors (Lipinski definition) is 1. The van der Waals surface area contributed by atoms with Crippen molar-refractivity contribution in [3.05, 3.63) is 22.4 Å². The van der Waals surface area contributed by atoms with Gasteiger partial charge in [0.15, 0.2) is 0 Å². The van der Waals surface area contributed by atoms with Crippen LogP contribution in [-0.2, 0) is 14.3 Å². The fraction of sp³-hybridized carbons (Fsp3) is 0.667. The molecule has 0 saturated carbocycles. The van der Waals surface area contributed by atoms with Crippen molar-refractivity contribution in [2.45, 2.75) is 25.0 Å². The molecule has 116 valence electrons. The monoisotopic (exact) mass is 310 g/mol. The number of ether oxygens (including phenoxy) is 2. The lowest BCUT2D eigenvalue weighted by Gasteiger charge is -2.32. The number of nitrogens with zero attached hydrogens (tertiary/aromatic N) is 1. The second-order valence-corrected chi connectivity index (χ2v) is 6.53. The highest BCUT2D eigenvalue weighted by molar-refractivity contribution is 7.10. The van der Waals surface area contributed by atoms with Crippen LogP contribution in [0.5, 0.6) is 0 Å². The lowest BCUT2D eigenvalue weighted by Crippen LogP contribution is -2.45. The fourth-order valence-corrected chi connectivity index (χ4v) is 3.55. The van der Waals surface area contributed by atoms with Crippen LogP contribution in [0.1, 0.15) is 23.8 Å². The lowest BCUT2D eigenvalue weighted by atomic mass is 10.2. The Morgan fingerprint density at radius 3 is 3.14 bits per heavy atom. The predicted octanol–water partition coefficient (Wildman–Crippen LogP) is 1.42. The maximum absolute atomic E-state index is 12.0. The smallest absolute Gasteiger partial charge is 0.234 e. The lowest BCUT2D eigenvalue weighted by molar-refractivity contribution is -0.124. The molecular weight excluding hydrogens is 288 g/mol.